The molecule has 0 fully saturated rings. The Hall–Kier alpha value is -0.980. The Morgan fingerprint density at radius 3 is 2.56 bits per heavy atom. The molecule has 0 N–H and O–H groups in total. The van der Waals surface area contributed by atoms with Crippen molar-refractivity contribution < 1.29 is 4.74 Å². The Kier molecular flexibility index (Phi) is 4.60. The third-order valence-electron chi connectivity index (χ3n) is 0.890. The minimum Gasteiger partial charge on any atom is -0.497 e. The van der Waals surface area contributed by atoms with Crippen LogP contribution in [0.15, 0.2) is 36.6 Å². The summed E-state index contributed by atoms with van der Waals surface area (Å²) in [7, 11) is 1.62. The Morgan fingerprint density at radius 1 is 1.56 bits per heavy atom. The van der Waals surface area contributed by atoms with Gasteiger partial charge in [0.25, 0.3) is 0 Å². The molecule has 1 nitrogen and oxygen atoms in total. The molecule has 0 atom stereocenters. The highest BCUT2D eigenvalue weighted by Gasteiger charge is 1.79. The molecule has 0 aromatic carbocycles. The van der Waals surface area contributed by atoms with Crippen molar-refractivity contribution in [2.75, 3.05) is 7.11 Å². The van der Waals surface area contributed by atoms with Crippen LogP contribution in [0.25, 0.3) is 0 Å². The van der Waals surface area contributed by atoms with Gasteiger partial charge in [-0.05, 0) is 19.1 Å². The predicted molar refractivity (Wildman–Crippen MR) is 40.1 cm³/mol. The standard InChI is InChI=1S/C8H12O/c1-4-6-7-8(5-2)9-3/h4-7H,2H2,1,3H3/b6-4-,8-7+. The summed E-state index contributed by atoms with van der Waals surface area (Å²) < 4.78 is 4.89. The summed E-state index contributed by atoms with van der Waals surface area (Å²) in [5.74, 6) is 0.785. The highest BCUT2D eigenvalue weighted by atomic mass is 16.5. The van der Waals surface area contributed by atoms with Crippen molar-refractivity contribution in [3.05, 3.63) is 36.6 Å². The van der Waals surface area contributed by atoms with Gasteiger partial charge in [-0.15, -0.1) is 0 Å². The van der Waals surface area contributed by atoms with E-state index in [-0.39, 0.29) is 0 Å². The molecule has 50 valence electrons. The first kappa shape index (κ1) is 8.02. The molecule has 0 saturated heterocycles. The zero-order chi connectivity index (χ0) is 7.11. The Labute approximate surface area is 56.3 Å². The van der Waals surface area contributed by atoms with Crippen molar-refractivity contribution in [3.8, 4) is 0 Å². The summed E-state index contributed by atoms with van der Waals surface area (Å²) in [6.45, 7) is 5.51. The van der Waals surface area contributed by atoms with Crippen LogP contribution >= 0.6 is 0 Å². The van der Waals surface area contributed by atoms with Gasteiger partial charge in [0.05, 0.1) is 7.11 Å². The lowest BCUT2D eigenvalue weighted by atomic mass is 10.4. The van der Waals surface area contributed by atoms with Gasteiger partial charge in [0.1, 0.15) is 5.76 Å². The monoisotopic (exact) mass is 124 g/mol. The summed E-state index contributed by atoms with van der Waals surface area (Å²) in [4.78, 5) is 0. The van der Waals surface area contributed by atoms with E-state index in [4.69, 9.17) is 4.74 Å². The van der Waals surface area contributed by atoms with Crippen molar-refractivity contribution >= 4 is 0 Å². The van der Waals surface area contributed by atoms with Crippen LogP contribution in [0.4, 0.5) is 0 Å². The van der Waals surface area contributed by atoms with Gasteiger partial charge in [-0.1, -0.05) is 18.7 Å². The Balaban J connectivity index is 3.90. The first-order chi connectivity index (χ1) is 4.35. The predicted octanol–water partition coefficient (Wildman–Crippen LogP) is 2.28. The van der Waals surface area contributed by atoms with Crippen LogP contribution in [0.3, 0.4) is 0 Å². The van der Waals surface area contributed by atoms with Crippen LogP contribution in [-0.4, -0.2) is 7.11 Å². The molecule has 0 saturated carbocycles. The summed E-state index contributed by atoms with van der Waals surface area (Å²) in [6, 6.07) is 0. The average Bonchev–Trinajstić information content (AvgIpc) is 1.91. The van der Waals surface area contributed by atoms with Crippen molar-refractivity contribution in [1.82, 2.24) is 0 Å². The second-order valence-corrected chi connectivity index (χ2v) is 1.50. The van der Waals surface area contributed by atoms with E-state index in [0.717, 1.165) is 5.76 Å². The molecular weight excluding hydrogens is 112 g/mol. The zero-order valence-corrected chi connectivity index (χ0v) is 5.92. The molecule has 0 amide bonds. The van der Waals surface area contributed by atoms with Crippen LogP contribution in [0, 0.1) is 0 Å². The molecule has 0 unspecified atom stereocenters. The molecule has 0 aromatic heterocycles. The van der Waals surface area contributed by atoms with Crippen molar-refractivity contribution in [3.63, 3.8) is 0 Å². The van der Waals surface area contributed by atoms with E-state index < -0.39 is 0 Å². The fourth-order valence-corrected chi connectivity index (χ4v) is 0.410. The van der Waals surface area contributed by atoms with Crippen molar-refractivity contribution in [1.29, 1.82) is 0 Å². The normalized spacial score (nSPS) is 12.0. The lowest BCUT2D eigenvalue weighted by Crippen LogP contribution is -1.77. The van der Waals surface area contributed by atoms with Gasteiger partial charge in [0, 0.05) is 0 Å². The molecule has 0 bridgehead atoms. The van der Waals surface area contributed by atoms with Gasteiger partial charge in [0.15, 0.2) is 0 Å². The lowest BCUT2D eigenvalue weighted by Gasteiger charge is -1.94. The zero-order valence-electron chi connectivity index (χ0n) is 5.92. The minimum absolute atomic E-state index is 0.785. The van der Waals surface area contributed by atoms with Crippen molar-refractivity contribution in [2.45, 2.75) is 6.92 Å². The van der Waals surface area contributed by atoms with E-state index in [9.17, 15) is 0 Å². The molecule has 0 rings (SSSR count). The van der Waals surface area contributed by atoms with Gasteiger partial charge in [-0.3, -0.25) is 0 Å². The smallest absolute Gasteiger partial charge is 0.118 e. The third-order valence-corrected chi connectivity index (χ3v) is 0.890. The number of ether oxygens (including phenoxy) is 1. The van der Waals surface area contributed by atoms with E-state index in [1.54, 1.807) is 13.2 Å². The average molecular weight is 124 g/mol. The SMILES string of the molecule is C=C/C(=C\C=C/C)OC. The topological polar surface area (TPSA) is 9.23 Å². The molecule has 1 heteroatoms. The number of hydrogen-bond acceptors (Lipinski definition) is 1. The van der Waals surface area contributed by atoms with E-state index >= 15 is 0 Å². The van der Waals surface area contributed by atoms with Gasteiger partial charge >= 0.3 is 0 Å². The lowest BCUT2D eigenvalue weighted by molar-refractivity contribution is 0.307. The minimum atomic E-state index is 0.785. The molecule has 0 radical (unpaired) electrons. The quantitative estimate of drug-likeness (QED) is 0.414. The maximum Gasteiger partial charge on any atom is 0.118 e. The summed E-state index contributed by atoms with van der Waals surface area (Å²) in [6.07, 6.45) is 7.36. The molecular formula is C8H12O. The van der Waals surface area contributed by atoms with Crippen LogP contribution in [-0.2, 0) is 4.74 Å². The van der Waals surface area contributed by atoms with Gasteiger partial charge < -0.3 is 4.74 Å². The molecule has 0 aromatic rings. The van der Waals surface area contributed by atoms with Crippen LogP contribution < -0.4 is 0 Å². The second kappa shape index (κ2) is 5.16. The van der Waals surface area contributed by atoms with Gasteiger partial charge in [0.2, 0.25) is 0 Å². The Bertz CT molecular complexity index is 132. The molecule has 9 heavy (non-hydrogen) atoms. The maximum atomic E-state index is 4.89. The van der Waals surface area contributed by atoms with Gasteiger partial charge in [-0.25, -0.2) is 0 Å². The number of rotatable bonds is 3. The van der Waals surface area contributed by atoms with Crippen molar-refractivity contribution in [2.24, 2.45) is 0 Å². The molecule has 0 aliphatic heterocycles. The van der Waals surface area contributed by atoms with E-state index in [1.807, 2.05) is 25.2 Å². The fraction of sp³-hybridized carbons (Fsp3) is 0.250. The fourth-order valence-electron chi connectivity index (χ4n) is 0.410. The third kappa shape index (κ3) is 3.59. The van der Waals surface area contributed by atoms with E-state index in [1.165, 1.54) is 0 Å². The molecule has 0 aliphatic carbocycles. The molecule has 0 aliphatic rings. The number of allylic oxidation sites excluding steroid dienone is 4. The summed E-state index contributed by atoms with van der Waals surface area (Å²) >= 11 is 0. The van der Waals surface area contributed by atoms with Crippen LogP contribution in [0.5, 0.6) is 0 Å². The van der Waals surface area contributed by atoms with Crippen LogP contribution in [0.1, 0.15) is 6.92 Å². The highest BCUT2D eigenvalue weighted by Crippen LogP contribution is 1.94. The number of methoxy groups -OCH3 is 1. The van der Waals surface area contributed by atoms with E-state index in [0.29, 0.717) is 0 Å². The van der Waals surface area contributed by atoms with Gasteiger partial charge in [-0.2, -0.15) is 0 Å². The second-order valence-electron chi connectivity index (χ2n) is 1.50. The molecule has 0 heterocycles. The summed E-state index contributed by atoms with van der Waals surface area (Å²) in [5, 5.41) is 0. The summed E-state index contributed by atoms with van der Waals surface area (Å²) in [5.41, 5.74) is 0. The van der Waals surface area contributed by atoms with E-state index in [2.05, 4.69) is 6.58 Å². The Morgan fingerprint density at radius 2 is 2.22 bits per heavy atom. The number of hydrogen-bond donors (Lipinski definition) is 0. The molecule has 0 spiro atoms. The highest BCUT2D eigenvalue weighted by molar-refractivity contribution is 5.15. The first-order valence-corrected chi connectivity index (χ1v) is 2.84. The maximum absolute atomic E-state index is 4.89. The first-order valence-electron chi connectivity index (χ1n) is 2.84. The van der Waals surface area contributed by atoms with Crippen LogP contribution in [0.2, 0.25) is 0 Å². The largest absolute Gasteiger partial charge is 0.497 e.